The van der Waals surface area contributed by atoms with Gasteiger partial charge in [-0.25, -0.2) is 4.39 Å². The van der Waals surface area contributed by atoms with E-state index in [1.807, 2.05) is 29.2 Å². The molecule has 0 unspecified atom stereocenters. The molecule has 1 saturated heterocycles. The van der Waals surface area contributed by atoms with Gasteiger partial charge in [0.05, 0.1) is 18.8 Å². The van der Waals surface area contributed by atoms with Crippen molar-refractivity contribution in [3.05, 3.63) is 29.8 Å². The number of alkyl halides is 1. The van der Waals surface area contributed by atoms with Crippen LogP contribution in [-0.2, 0) is 9.53 Å². The minimum absolute atomic E-state index is 0.0699. The lowest BCUT2D eigenvalue weighted by molar-refractivity contribution is -0.123. The number of rotatable bonds is 16. The fraction of sp³-hybridized carbons (Fsp3) is 0.741. The van der Waals surface area contributed by atoms with Gasteiger partial charge in [-0.15, -0.1) is 0 Å². The first kappa shape index (κ1) is 26.9. The number of nitrogens with one attached hydrogen (secondary N) is 1. The number of aliphatic hydroxyl groups excluding tert-OH is 1. The molecule has 0 radical (unpaired) electrons. The predicted octanol–water partition coefficient (Wildman–Crippen LogP) is 4.56. The van der Waals surface area contributed by atoms with E-state index >= 15 is 0 Å². The van der Waals surface area contributed by atoms with Gasteiger partial charge in [0.25, 0.3) is 0 Å². The van der Waals surface area contributed by atoms with E-state index in [9.17, 15) is 14.3 Å². The topological polar surface area (TPSA) is 71.0 Å². The van der Waals surface area contributed by atoms with Crippen LogP contribution in [0.5, 0.6) is 5.75 Å². The Bertz CT molecular complexity index is 713. The van der Waals surface area contributed by atoms with Gasteiger partial charge in [0.15, 0.2) is 0 Å². The van der Waals surface area contributed by atoms with Crippen molar-refractivity contribution in [1.29, 1.82) is 0 Å². The number of likely N-dealkylation sites (tertiary alicyclic amines) is 1. The lowest BCUT2D eigenvalue weighted by atomic mass is 9.96. The number of halogens is 1. The summed E-state index contributed by atoms with van der Waals surface area (Å²) in [4.78, 5) is 14.6. The first-order valence-electron chi connectivity index (χ1n) is 13.2. The first-order chi connectivity index (χ1) is 16.5. The zero-order valence-corrected chi connectivity index (χ0v) is 20.7. The summed E-state index contributed by atoms with van der Waals surface area (Å²) < 4.78 is 25.2. The fourth-order valence-electron chi connectivity index (χ4n) is 4.41. The molecule has 2 N–H and O–H groups in total. The number of aliphatic hydroxyl groups is 1. The molecule has 6 nitrogen and oxygen atoms in total. The maximum Gasteiger partial charge on any atom is 0.220 e. The summed E-state index contributed by atoms with van der Waals surface area (Å²) in [5.74, 6) is 0.700. The number of unbranched alkanes of at least 4 members (excludes halogenated alkanes) is 3. The second-order valence-corrected chi connectivity index (χ2v) is 9.77. The molecular weight excluding hydrogens is 435 g/mol. The van der Waals surface area contributed by atoms with Crippen molar-refractivity contribution in [2.75, 3.05) is 32.8 Å². The highest BCUT2D eigenvalue weighted by Gasteiger charge is 2.29. The molecule has 3 rings (SSSR count). The van der Waals surface area contributed by atoms with Gasteiger partial charge in [-0.2, -0.15) is 0 Å². The van der Waals surface area contributed by atoms with Gasteiger partial charge in [-0.1, -0.05) is 31.9 Å². The minimum atomic E-state index is -0.872. The van der Waals surface area contributed by atoms with Crippen LogP contribution in [0.15, 0.2) is 24.3 Å². The van der Waals surface area contributed by atoms with Crippen LogP contribution in [-0.4, -0.2) is 67.1 Å². The second kappa shape index (κ2) is 14.6. The van der Waals surface area contributed by atoms with Gasteiger partial charge < -0.3 is 19.9 Å². The molecule has 1 saturated carbocycles. The first-order valence-corrected chi connectivity index (χ1v) is 13.2. The molecule has 192 valence electrons. The number of amides is 1. The van der Waals surface area contributed by atoms with Gasteiger partial charge in [-0.3, -0.25) is 9.69 Å². The molecule has 2 aliphatic rings. The largest absolute Gasteiger partial charge is 0.494 e. The molecule has 3 atom stereocenters. The molecule has 1 amide bonds. The molecule has 1 aliphatic heterocycles. The van der Waals surface area contributed by atoms with Crippen LogP contribution in [0.25, 0.3) is 0 Å². The molecule has 1 aromatic carbocycles. The quantitative estimate of drug-likeness (QED) is 0.341. The molecular formula is C27H43FN2O4. The van der Waals surface area contributed by atoms with Crippen molar-refractivity contribution < 1.29 is 23.8 Å². The Kier molecular flexibility index (Phi) is 11.6. The average molecular weight is 479 g/mol. The SMILES string of the molecule is CCCCOc1ccc([C@@H](O)[C@@H](CN2CC[C@@H](F)C2)NC(=O)CCCCCOC2CCC2)cc1. The summed E-state index contributed by atoms with van der Waals surface area (Å²) in [6.45, 7) is 4.98. The van der Waals surface area contributed by atoms with Crippen molar-refractivity contribution in [2.24, 2.45) is 0 Å². The third kappa shape index (κ3) is 9.16. The van der Waals surface area contributed by atoms with E-state index in [0.29, 0.717) is 45.2 Å². The molecule has 1 aromatic rings. The maximum atomic E-state index is 13.7. The van der Waals surface area contributed by atoms with Crippen LogP contribution < -0.4 is 10.1 Å². The van der Waals surface area contributed by atoms with Crippen molar-refractivity contribution in [2.45, 2.75) is 95.6 Å². The van der Waals surface area contributed by atoms with Crippen molar-refractivity contribution in [1.82, 2.24) is 10.2 Å². The minimum Gasteiger partial charge on any atom is -0.494 e. The van der Waals surface area contributed by atoms with E-state index in [1.54, 1.807) is 0 Å². The van der Waals surface area contributed by atoms with Crippen LogP contribution in [0.3, 0.4) is 0 Å². The van der Waals surface area contributed by atoms with Gasteiger partial charge in [-0.05, 0) is 62.6 Å². The van der Waals surface area contributed by atoms with E-state index in [-0.39, 0.29) is 5.91 Å². The number of benzene rings is 1. The molecule has 0 bridgehead atoms. The molecule has 0 aromatic heterocycles. The highest BCUT2D eigenvalue weighted by atomic mass is 19.1. The van der Waals surface area contributed by atoms with Crippen LogP contribution >= 0.6 is 0 Å². The highest BCUT2D eigenvalue weighted by Crippen LogP contribution is 2.24. The number of carbonyl (C=O) groups excluding carboxylic acids is 1. The van der Waals surface area contributed by atoms with E-state index in [1.165, 1.54) is 19.3 Å². The molecule has 34 heavy (non-hydrogen) atoms. The van der Waals surface area contributed by atoms with Crippen molar-refractivity contribution in [3.63, 3.8) is 0 Å². The maximum absolute atomic E-state index is 13.7. The predicted molar refractivity (Wildman–Crippen MR) is 132 cm³/mol. The lowest BCUT2D eigenvalue weighted by Gasteiger charge is -2.29. The summed E-state index contributed by atoms with van der Waals surface area (Å²) in [7, 11) is 0. The van der Waals surface area contributed by atoms with Crippen molar-refractivity contribution in [3.8, 4) is 5.75 Å². The van der Waals surface area contributed by atoms with E-state index in [2.05, 4.69) is 12.2 Å². The Balaban J connectivity index is 1.47. The summed E-state index contributed by atoms with van der Waals surface area (Å²) in [5, 5.41) is 14.1. The van der Waals surface area contributed by atoms with E-state index in [4.69, 9.17) is 9.47 Å². The summed E-state index contributed by atoms with van der Waals surface area (Å²) in [6.07, 6.45) is 8.08. The normalized spacial score (nSPS) is 20.6. The summed E-state index contributed by atoms with van der Waals surface area (Å²) >= 11 is 0. The smallest absolute Gasteiger partial charge is 0.220 e. The number of carbonyl (C=O) groups is 1. The zero-order valence-electron chi connectivity index (χ0n) is 20.7. The standard InChI is InChI=1S/C27H43FN2O4/c1-2-3-17-33-24-13-11-21(12-14-24)27(32)25(20-30-16-15-22(28)19-30)29-26(31)10-5-4-6-18-34-23-8-7-9-23/h11-14,22-23,25,27,32H,2-10,15-20H2,1H3,(H,29,31)/t22-,25-,27-/m1/s1. The third-order valence-corrected chi connectivity index (χ3v) is 6.84. The average Bonchev–Trinajstić information content (AvgIpc) is 3.21. The molecule has 0 spiro atoms. The zero-order chi connectivity index (χ0) is 24.2. The van der Waals surface area contributed by atoms with Crippen LogP contribution in [0.4, 0.5) is 4.39 Å². The third-order valence-electron chi connectivity index (χ3n) is 6.84. The van der Waals surface area contributed by atoms with Crippen molar-refractivity contribution >= 4 is 5.91 Å². The van der Waals surface area contributed by atoms with E-state index < -0.39 is 18.3 Å². The van der Waals surface area contributed by atoms with Gasteiger partial charge in [0.2, 0.25) is 5.91 Å². The Labute approximate surface area is 204 Å². The Morgan fingerprint density at radius 3 is 2.59 bits per heavy atom. The Morgan fingerprint density at radius 1 is 1.15 bits per heavy atom. The fourth-order valence-corrected chi connectivity index (χ4v) is 4.41. The van der Waals surface area contributed by atoms with E-state index in [0.717, 1.165) is 50.0 Å². The number of hydrogen-bond acceptors (Lipinski definition) is 5. The van der Waals surface area contributed by atoms with Gasteiger partial charge >= 0.3 is 0 Å². The number of nitrogens with zero attached hydrogens (tertiary/aromatic N) is 1. The van der Waals surface area contributed by atoms with Gasteiger partial charge in [0, 0.05) is 32.7 Å². The summed E-state index contributed by atoms with van der Waals surface area (Å²) in [5.41, 5.74) is 0.720. The highest BCUT2D eigenvalue weighted by molar-refractivity contribution is 5.76. The number of ether oxygens (including phenoxy) is 2. The Hall–Kier alpha value is -1.70. The molecule has 2 fully saturated rings. The number of hydrogen-bond donors (Lipinski definition) is 2. The monoisotopic (exact) mass is 478 g/mol. The second-order valence-electron chi connectivity index (χ2n) is 9.77. The molecule has 7 heteroatoms. The summed E-state index contributed by atoms with van der Waals surface area (Å²) in [6, 6.07) is 6.90. The van der Waals surface area contributed by atoms with Gasteiger partial charge in [0.1, 0.15) is 18.0 Å². The lowest BCUT2D eigenvalue weighted by Crippen LogP contribution is -2.46. The van der Waals surface area contributed by atoms with Crippen LogP contribution in [0.2, 0.25) is 0 Å². The molecule has 1 aliphatic carbocycles. The van der Waals surface area contributed by atoms with Crippen LogP contribution in [0.1, 0.15) is 82.8 Å². The molecule has 1 heterocycles. The van der Waals surface area contributed by atoms with Crippen LogP contribution in [0, 0.1) is 0 Å². The Morgan fingerprint density at radius 2 is 1.94 bits per heavy atom.